The van der Waals surface area contributed by atoms with Crippen molar-refractivity contribution in [1.29, 1.82) is 5.41 Å². The molecule has 2 saturated heterocycles. The Morgan fingerprint density at radius 1 is 1.24 bits per heavy atom. The first-order valence-electron chi connectivity index (χ1n) is 14.1. The highest BCUT2D eigenvalue weighted by atomic mass is 32.3. The summed E-state index contributed by atoms with van der Waals surface area (Å²) in [6, 6.07) is 4.65. The van der Waals surface area contributed by atoms with Gasteiger partial charge in [-0.25, -0.2) is 4.98 Å². The number of ether oxygens (including phenoxy) is 1. The van der Waals surface area contributed by atoms with E-state index in [1.54, 1.807) is 0 Å². The number of nitrogens with zero attached hydrogens (tertiary/aromatic N) is 5. The van der Waals surface area contributed by atoms with Gasteiger partial charge in [0.2, 0.25) is 0 Å². The molecule has 1 atom stereocenters. The summed E-state index contributed by atoms with van der Waals surface area (Å²) in [5.74, 6) is -0.509. The standard InChI is InChI=1S/C26H35N9O8S2/c1-26(2)21(23(37)35(26)43-45(38,39)40)31-22(36)20(19-15-44-24(27)30-19)32-42-12-11-41-18-4-3-17-14-34(8-5-16(17)13-18)25(28)33-9-6-29-7-10-33/h3-4,13,15,21,28-29H,5-12,14H2,1-2H3,(H2,27,30)(H,31,36)(H,38,39,40)/b28-25?,32-20-/t21-/m1/s1. The molecule has 0 saturated carbocycles. The highest BCUT2D eigenvalue weighted by Gasteiger charge is 2.58. The molecule has 1 aromatic heterocycles. The molecule has 4 heterocycles. The summed E-state index contributed by atoms with van der Waals surface area (Å²) in [6.45, 7) is 7.81. The van der Waals surface area contributed by atoms with Crippen molar-refractivity contribution < 1.29 is 36.4 Å². The molecule has 0 bridgehead atoms. The third-order valence-corrected chi connectivity index (χ3v) is 8.62. The summed E-state index contributed by atoms with van der Waals surface area (Å²) in [5.41, 5.74) is 6.57. The van der Waals surface area contributed by atoms with Gasteiger partial charge in [-0.15, -0.1) is 15.6 Å². The number of nitrogens with one attached hydrogen (secondary N) is 3. The molecule has 3 aliphatic heterocycles. The number of oxime groups is 1. The number of carbonyl (C=O) groups is 2. The zero-order chi connectivity index (χ0) is 32.4. The van der Waals surface area contributed by atoms with Crippen molar-refractivity contribution in [1.82, 2.24) is 30.5 Å². The number of β-lactam (4-membered cyclic amide) rings is 1. The van der Waals surface area contributed by atoms with E-state index in [-0.39, 0.29) is 29.8 Å². The number of nitrogens with two attached hydrogens (primary N) is 1. The number of amides is 2. The summed E-state index contributed by atoms with van der Waals surface area (Å²) < 4.78 is 41.2. The monoisotopic (exact) mass is 665 g/mol. The average molecular weight is 666 g/mol. The van der Waals surface area contributed by atoms with Crippen LogP contribution in [0, 0.1) is 5.41 Å². The zero-order valence-corrected chi connectivity index (χ0v) is 26.3. The van der Waals surface area contributed by atoms with Crippen LogP contribution in [0.25, 0.3) is 0 Å². The molecule has 0 spiro atoms. The van der Waals surface area contributed by atoms with E-state index in [2.05, 4.69) is 34.9 Å². The van der Waals surface area contributed by atoms with Crippen LogP contribution >= 0.6 is 11.3 Å². The summed E-state index contributed by atoms with van der Waals surface area (Å²) in [5, 5.41) is 20.4. The van der Waals surface area contributed by atoms with Crippen molar-refractivity contribution in [3.8, 4) is 5.75 Å². The number of hydrogen-bond acceptors (Lipinski definition) is 13. The number of rotatable bonds is 10. The molecule has 0 aliphatic carbocycles. The van der Waals surface area contributed by atoms with E-state index in [1.807, 2.05) is 18.2 Å². The maximum absolute atomic E-state index is 13.1. The fourth-order valence-electron chi connectivity index (χ4n) is 5.20. The van der Waals surface area contributed by atoms with E-state index in [0.717, 1.165) is 61.6 Å². The summed E-state index contributed by atoms with van der Waals surface area (Å²) in [6.07, 6.45) is 0.789. The molecule has 19 heteroatoms. The highest BCUT2D eigenvalue weighted by Crippen LogP contribution is 2.33. The predicted molar refractivity (Wildman–Crippen MR) is 163 cm³/mol. The molecule has 244 valence electrons. The summed E-state index contributed by atoms with van der Waals surface area (Å²) >= 11 is 1.07. The number of anilines is 1. The van der Waals surface area contributed by atoms with E-state index in [4.69, 9.17) is 25.3 Å². The predicted octanol–water partition coefficient (Wildman–Crippen LogP) is -0.437. The van der Waals surface area contributed by atoms with Gasteiger partial charge in [-0.05, 0) is 43.5 Å². The number of benzene rings is 1. The number of piperazine rings is 1. The van der Waals surface area contributed by atoms with Crippen LogP contribution in [0.15, 0.2) is 28.7 Å². The van der Waals surface area contributed by atoms with E-state index in [0.29, 0.717) is 23.3 Å². The Morgan fingerprint density at radius 2 is 2.00 bits per heavy atom. The molecular formula is C26H35N9O8S2. The second kappa shape index (κ2) is 13.1. The van der Waals surface area contributed by atoms with Gasteiger partial charge in [-0.3, -0.25) is 19.6 Å². The number of aromatic nitrogens is 1. The zero-order valence-electron chi connectivity index (χ0n) is 24.7. The number of carbonyl (C=O) groups excluding carboxylic acids is 2. The maximum atomic E-state index is 13.1. The Labute approximate surface area is 263 Å². The first-order chi connectivity index (χ1) is 21.3. The van der Waals surface area contributed by atoms with Crippen LogP contribution in [-0.2, 0) is 42.1 Å². The quantitative estimate of drug-likeness (QED) is 0.0543. The molecule has 6 N–H and O–H groups in total. The van der Waals surface area contributed by atoms with Crippen LogP contribution in [0.1, 0.15) is 30.7 Å². The lowest BCUT2D eigenvalue weighted by Crippen LogP contribution is -2.76. The third kappa shape index (κ3) is 7.44. The molecule has 2 aromatic rings. The van der Waals surface area contributed by atoms with E-state index in [1.165, 1.54) is 19.2 Å². The minimum absolute atomic E-state index is 0.0209. The second-order valence-corrected chi connectivity index (χ2v) is 12.9. The number of guanidine groups is 1. The fourth-order valence-corrected chi connectivity index (χ4v) is 6.21. The van der Waals surface area contributed by atoms with E-state index >= 15 is 0 Å². The Bertz CT molecular complexity index is 1590. The van der Waals surface area contributed by atoms with Crippen LogP contribution < -0.4 is 21.1 Å². The van der Waals surface area contributed by atoms with Gasteiger partial charge in [0.25, 0.3) is 11.8 Å². The smallest absolute Gasteiger partial charge is 0.418 e. The molecular weight excluding hydrogens is 630 g/mol. The van der Waals surface area contributed by atoms with Crippen LogP contribution in [0.2, 0.25) is 0 Å². The topological polar surface area (TPSA) is 225 Å². The van der Waals surface area contributed by atoms with Gasteiger partial charge in [0.1, 0.15) is 24.1 Å². The Kier molecular flexibility index (Phi) is 9.44. The molecule has 17 nitrogen and oxygen atoms in total. The van der Waals surface area contributed by atoms with Crippen LogP contribution in [-0.4, -0.2) is 114 Å². The van der Waals surface area contributed by atoms with Gasteiger partial charge in [-0.2, -0.15) is 13.5 Å². The average Bonchev–Trinajstić information content (AvgIpc) is 3.44. The molecule has 45 heavy (non-hydrogen) atoms. The number of hydrogen-bond donors (Lipinski definition) is 5. The van der Waals surface area contributed by atoms with Crippen LogP contribution in [0.5, 0.6) is 5.75 Å². The van der Waals surface area contributed by atoms with Gasteiger partial charge < -0.3 is 35.7 Å². The molecule has 5 rings (SSSR count). The Hall–Kier alpha value is -4.04. The summed E-state index contributed by atoms with van der Waals surface area (Å²) in [4.78, 5) is 39.2. The number of thiazole rings is 1. The molecule has 0 radical (unpaired) electrons. The molecule has 2 amide bonds. The molecule has 0 unspecified atom stereocenters. The van der Waals surface area contributed by atoms with Crippen molar-refractivity contribution in [2.24, 2.45) is 5.16 Å². The van der Waals surface area contributed by atoms with E-state index in [9.17, 15) is 18.0 Å². The number of nitrogen functional groups attached to an aromatic ring is 1. The van der Waals surface area contributed by atoms with Crippen molar-refractivity contribution in [3.05, 3.63) is 40.4 Å². The van der Waals surface area contributed by atoms with Crippen molar-refractivity contribution in [2.75, 3.05) is 51.7 Å². The van der Waals surface area contributed by atoms with Gasteiger partial charge in [0.15, 0.2) is 23.4 Å². The van der Waals surface area contributed by atoms with Crippen LogP contribution in [0.3, 0.4) is 0 Å². The van der Waals surface area contributed by atoms with Crippen molar-refractivity contribution in [2.45, 2.75) is 38.4 Å². The molecule has 2 fully saturated rings. The lowest BCUT2D eigenvalue weighted by Gasteiger charge is -2.50. The minimum Gasteiger partial charge on any atom is -0.490 e. The largest absolute Gasteiger partial charge is 0.490 e. The third-order valence-electron chi connectivity index (χ3n) is 7.61. The second-order valence-electron chi connectivity index (χ2n) is 11.1. The highest BCUT2D eigenvalue weighted by molar-refractivity contribution is 7.80. The van der Waals surface area contributed by atoms with Crippen LogP contribution in [0.4, 0.5) is 5.13 Å². The number of fused-ring (bicyclic) bond motifs is 1. The van der Waals surface area contributed by atoms with Gasteiger partial charge in [0, 0.05) is 44.6 Å². The van der Waals surface area contributed by atoms with E-state index < -0.39 is 33.8 Å². The SMILES string of the molecule is CC1(C)[C@H](NC(=O)/C(=N\OCCOc2ccc3c(c2)CCN(C(=N)N2CCNCC2)C3)c2csc(N)n2)C(=O)N1OS(=O)(=O)O. The van der Waals surface area contributed by atoms with Gasteiger partial charge >= 0.3 is 10.4 Å². The minimum atomic E-state index is -4.95. The first-order valence-corrected chi connectivity index (χ1v) is 16.3. The Morgan fingerprint density at radius 3 is 2.67 bits per heavy atom. The van der Waals surface area contributed by atoms with Gasteiger partial charge in [-0.1, -0.05) is 11.2 Å². The first kappa shape index (κ1) is 32.4. The Balaban J connectivity index is 1.15. The molecule has 3 aliphatic rings. The normalized spacial score (nSPS) is 19.9. The maximum Gasteiger partial charge on any atom is 0.418 e. The van der Waals surface area contributed by atoms with Gasteiger partial charge in [0.05, 0.1) is 5.54 Å². The summed E-state index contributed by atoms with van der Waals surface area (Å²) in [7, 11) is -4.95. The molecule has 1 aromatic carbocycles. The lowest BCUT2D eigenvalue weighted by atomic mass is 9.84. The fraction of sp³-hybridized carbons (Fsp3) is 0.500. The lowest BCUT2D eigenvalue weighted by molar-refractivity contribution is -0.218. The van der Waals surface area contributed by atoms with Crippen molar-refractivity contribution in [3.63, 3.8) is 0 Å². The van der Waals surface area contributed by atoms with Crippen molar-refractivity contribution >= 4 is 50.4 Å². The number of hydroxylamine groups is 2.